The summed E-state index contributed by atoms with van der Waals surface area (Å²) in [6.07, 6.45) is 3.94. The molecule has 3 aromatic heterocycles. The standard InChI is InChI=1S/C27H22NS.C14H16NSi.Ir/c1-27(2,3)19-15-16-28-23(17-19)21-12-7-13-22-25-20(18-9-5-4-6-10-18)11-8-14-24(25)29-26(21)22;1-16(2,3)13-9-10-14(15-11-13)12-7-5-4-6-8-12;/h4-11,13-17H,1-3H3;4-7,9-11H,1-3H3;/q2*-1;. The van der Waals surface area contributed by atoms with E-state index in [1.165, 1.54) is 42.0 Å². The zero-order valence-corrected chi connectivity index (χ0v) is 31.4. The van der Waals surface area contributed by atoms with Crippen LogP contribution in [0.25, 0.3) is 53.8 Å². The fraction of sp³-hybridized carbons (Fsp3) is 0.171. The molecule has 0 unspecified atom stereocenters. The third-order valence-electron chi connectivity index (χ3n) is 8.04. The van der Waals surface area contributed by atoms with E-state index < -0.39 is 8.07 Å². The molecule has 5 heteroatoms. The van der Waals surface area contributed by atoms with Crippen LogP contribution in [0.2, 0.25) is 19.6 Å². The van der Waals surface area contributed by atoms with Gasteiger partial charge in [0, 0.05) is 37.2 Å². The Balaban J connectivity index is 0.000000209. The molecule has 0 bridgehead atoms. The number of hydrogen-bond acceptors (Lipinski definition) is 3. The van der Waals surface area contributed by atoms with E-state index in [9.17, 15) is 0 Å². The minimum atomic E-state index is -1.23. The zero-order chi connectivity index (χ0) is 31.6. The number of pyridine rings is 2. The average Bonchev–Trinajstić information content (AvgIpc) is 3.44. The topological polar surface area (TPSA) is 25.8 Å². The minimum Gasteiger partial charge on any atom is -0.305 e. The van der Waals surface area contributed by atoms with Gasteiger partial charge in [0.05, 0.1) is 8.07 Å². The van der Waals surface area contributed by atoms with Gasteiger partial charge in [-0.25, -0.2) is 0 Å². The summed E-state index contributed by atoms with van der Waals surface area (Å²) in [6, 6.07) is 44.7. The molecule has 7 aromatic rings. The average molecular weight is 811 g/mol. The molecule has 4 aromatic carbocycles. The first-order valence-corrected chi connectivity index (χ1v) is 19.7. The fourth-order valence-corrected chi connectivity index (χ4v) is 7.69. The number of aromatic nitrogens is 2. The maximum atomic E-state index is 4.70. The quantitative estimate of drug-likeness (QED) is 0.131. The molecule has 0 spiro atoms. The van der Waals surface area contributed by atoms with Gasteiger partial charge in [0.1, 0.15) is 0 Å². The first-order chi connectivity index (χ1) is 21.6. The summed E-state index contributed by atoms with van der Waals surface area (Å²) in [5.41, 5.74) is 8.06. The van der Waals surface area contributed by atoms with Crippen LogP contribution in [0.15, 0.2) is 122 Å². The molecule has 0 N–H and O–H groups in total. The SMILES string of the molecule is CC(C)(C)c1ccnc(-c2[c-]ccc3c2sc2cccc(-c4ccccc4)c23)c1.C[Si](C)(C)c1ccc(-c2[c-]cccc2)nc1.[Ir]. The van der Waals surface area contributed by atoms with Crippen LogP contribution in [0.1, 0.15) is 26.3 Å². The molecule has 0 aliphatic carbocycles. The van der Waals surface area contributed by atoms with Crippen molar-refractivity contribution in [2.45, 2.75) is 45.8 Å². The second kappa shape index (κ2) is 13.9. The predicted molar refractivity (Wildman–Crippen MR) is 197 cm³/mol. The van der Waals surface area contributed by atoms with E-state index in [1.54, 1.807) is 0 Å². The van der Waals surface area contributed by atoms with Crippen LogP contribution in [0.4, 0.5) is 0 Å². The van der Waals surface area contributed by atoms with Crippen LogP contribution >= 0.6 is 11.3 Å². The zero-order valence-electron chi connectivity index (χ0n) is 27.2. The Morgan fingerprint density at radius 2 is 1.50 bits per heavy atom. The van der Waals surface area contributed by atoms with Gasteiger partial charge in [-0.05, 0) is 60.9 Å². The summed E-state index contributed by atoms with van der Waals surface area (Å²) in [5.74, 6) is 0. The molecular formula is C41H38IrN2SSi-2. The molecule has 0 fully saturated rings. The largest absolute Gasteiger partial charge is 0.305 e. The number of thiophene rings is 1. The molecule has 1 radical (unpaired) electrons. The number of rotatable bonds is 4. The van der Waals surface area contributed by atoms with Crippen LogP contribution in [-0.4, -0.2) is 18.0 Å². The van der Waals surface area contributed by atoms with E-state index in [1.807, 2.05) is 54.1 Å². The second-order valence-corrected chi connectivity index (χ2v) is 19.5. The molecule has 2 nitrogen and oxygen atoms in total. The Kier molecular flexibility index (Phi) is 10.2. The van der Waals surface area contributed by atoms with E-state index in [4.69, 9.17) is 4.98 Å². The molecule has 0 saturated carbocycles. The van der Waals surface area contributed by atoms with E-state index in [0.29, 0.717) is 0 Å². The van der Waals surface area contributed by atoms with Crippen molar-refractivity contribution in [3.63, 3.8) is 0 Å². The van der Waals surface area contributed by atoms with Gasteiger partial charge in [-0.15, -0.1) is 59.7 Å². The van der Waals surface area contributed by atoms with Gasteiger partial charge in [0.15, 0.2) is 0 Å². The van der Waals surface area contributed by atoms with Crippen molar-refractivity contribution >= 4 is 44.8 Å². The van der Waals surface area contributed by atoms with E-state index in [-0.39, 0.29) is 25.5 Å². The molecule has 0 aliphatic heterocycles. The van der Waals surface area contributed by atoms with Gasteiger partial charge in [-0.1, -0.05) is 106 Å². The Morgan fingerprint density at radius 3 is 2.17 bits per heavy atom. The summed E-state index contributed by atoms with van der Waals surface area (Å²) < 4.78 is 2.55. The van der Waals surface area contributed by atoms with Gasteiger partial charge >= 0.3 is 0 Å². The molecule has 3 heterocycles. The molecule has 233 valence electrons. The van der Waals surface area contributed by atoms with Crippen molar-refractivity contribution < 1.29 is 20.1 Å². The fourth-order valence-electron chi connectivity index (χ4n) is 5.42. The van der Waals surface area contributed by atoms with Crippen LogP contribution in [0.5, 0.6) is 0 Å². The number of nitrogens with zero attached hydrogens (tertiary/aromatic N) is 2. The summed E-state index contributed by atoms with van der Waals surface area (Å²) in [6.45, 7) is 13.7. The summed E-state index contributed by atoms with van der Waals surface area (Å²) in [4.78, 5) is 9.22. The molecular weight excluding hydrogens is 773 g/mol. The molecule has 7 rings (SSSR count). The maximum absolute atomic E-state index is 4.70. The van der Waals surface area contributed by atoms with Gasteiger partial charge in [-0.2, -0.15) is 11.3 Å². The van der Waals surface area contributed by atoms with Gasteiger partial charge in [-0.3, -0.25) is 0 Å². The summed E-state index contributed by atoms with van der Waals surface area (Å²) in [5, 5.41) is 3.99. The smallest absolute Gasteiger partial charge is 0.0795 e. The number of fused-ring (bicyclic) bond motifs is 3. The second-order valence-electron chi connectivity index (χ2n) is 13.4. The summed E-state index contributed by atoms with van der Waals surface area (Å²) >= 11 is 1.83. The van der Waals surface area contributed by atoms with Crippen LogP contribution in [0.3, 0.4) is 0 Å². The molecule has 0 saturated heterocycles. The Hall–Kier alpha value is -3.73. The van der Waals surface area contributed by atoms with Crippen LogP contribution < -0.4 is 5.19 Å². The molecule has 0 amide bonds. The Bertz CT molecular complexity index is 2060. The normalized spacial score (nSPS) is 11.5. The van der Waals surface area contributed by atoms with E-state index in [0.717, 1.165) is 22.5 Å². The van der Waals surface area contributed by atoms with E-state index in [2.05, 4.69) is 136 Å². The number of benzene rings is 4. The monoisotopic (exact) mass is 811 g/mol. The van der Waals surface area contributed by atoms with Crippen molar-refractivity contribution in [1.82, 2.24) is 9.97 Å². The number of hydrogen-bond donors (Lipinski definition) is 0. The maximum Gasteiger partial charge on any atom is 0.0795 e. The molecule has 0 aliphatic rings. The first-order valence-electron chi connectivity index (χ1n) is 15.4. The van der Waals surface area contributed by atoms with Gasteiger partial charge in [0.25, 0.3) is 0 Å². The van der Waals surface area contributed by atoms with Crippen molar-refractivity contribution in [2.75, 3.05) is 0 Å². The van der Waals surface area contributed by atoms with Gasteiger partial charge < -0.3 is 9.97 Å². The molecule has 46 heavy (non-hydrogen) atoms. The minimum absolute atomic E-state index is 0. The predicted octanol–water partition coefficient (Wildman–Crippen LogP) is 11.0. The van der Waals surface area contributed by atoms with Crippen molar-refractivity contribution in [3.8, 4) is 33.6 Å². The Labute approximate surface area is 292 Å². The van der Waals surface area contributed by atoms with E-state index >= 15 is 0 Å². The van der Waals surface area contributed by atoms with Gasteiger partial charge in [0.2, 0.25) is 0 Å². The first kappa shape index (κ1) is 33.6. The Morgan fingerprint density at radius 1 is 0.717 bits per heavy atom. The van der Waals surface area contributed by atoms with Crippen LogP contribution in [-0.2, 0) is 25.5 Å². The summed E-state index contributed by atoms with van der Waals surface area (Å²) in [7, 11) is -1.23. The molecule has 0 atom stereocenters. The van der Waals surface area contributed by atoms with Crippen molar-refractivity contribution in [2.24, 2.45) is 0 Å². The van der Waals surface area contributed by atoms with Crippen molar-refractivity contribution in [1.29, 1.82) is 0 Å². The third-order valence-corrected chi connectivity index (χ3v) is 11.3. The van der Waals surface area contributed by atoms with Crippen molar-refractivity contribution in [3.05, 3.63) is 139 Å². The third kappa shape index (κ3) is 7.29. The van der Waals surface area contributed by atoms with Crippen LogP contribution in [0, 0.1) is 12.1 Å².